The van der Waals surface area contributed by atoms with Gasteiger partial charge in [0, 0.05) is 36.2 Å². The first-order valence-corrected chi connectivity index (χ1v) is 9.71. The lowest BCUT2D eigenvalue weighted by molar-refractivity contribution is 0.874. The van der Waals surface area contributed by atoms with Crippen molar-refractivity contribution in [3.63, 3.8) is 0 Å². The SMILES string of the molecule is N#Cc1ccc(NC(=S)NN=Cc2ccc(N(CCCl)CCCl)cc2)cc1. The molecule has 140 valence electrons. The summed E-state index contributed by atoms with van der Waals surface area (Å²) in [6, 6.07) is 17.0. The molecule has 0 unspecified atom stereocenters. The monoisotopic (exact) mass is 419 g/mol. The summed E-state index contributed by atoms with van der Waals surface area (Å²) >= 11 is 16.9. The third-order valence-electron chi connectivity index (χ3n) is 3.62. The second-order valence-electron chi connectivity index (χ2n) is 5.47. The summed E-state index contributed by atoms with van der Waals surface area (Å²) in [6.45, 7) is 1.50. The molecule has 0 fully saturated rings. The zero-order valence-corrected chi connectivity index (χ0v) is 16.9. The Kier molecular flexibility index (Phi) is 8.85. The average Bonchev–Trinajstić information content (AvgIpc) is 2.69. The van der Waals surface area contributed by atoms with Gasteiger partial charge in [-0.2, -0.15) is 10.4 Å². The van der Waals surface area contributed by atoms with E-state index in [-0.39, 0.29) is 0 Å². The van der Waals surface area contributed by atoms with Gasteiger partial charge in [0.2, 0.25) is 0 Å². The first kappa shape index (κ1) is 21.0. The number of benzene rings is 2. The molecule has 0 bridgehead atoms. The summed E-state index contributed by atoms with van der Waals surface area (Å²) < 4.78 is 0. The predicted molar refractivity (Wildman–Crippen MR) is 118 cm³/mol. The molecule has 2 rings (SSSR count). The maximum atomic E-state index is 8.79. The zero-order valence-electron chi connectivity index (χ0n) is 14.5. The molecule has 2 aromatic rings. The van der Waals surface area contributed by atoms with Crippen molar-refractivity contribution in [3.05, 3.63) is 59.7 Å². The Hall–Kier alpha value is -2.33. The van der Waals surface area contributed by atoms with E-state index >= 15 is 0 Å². The van der Waals surface area contributed by atoms with Gasteiger partial charge in [-0.3, -0.25) is 5.43 Å². The highest BCUT2D eigenvalue weighted by molar-refractivity contribution is 7.80. The Balaban J connectivity index is 1.87. The average molecular weight is 420 g/mol. The molecular weight excluding hydrogens is 401 g/mol. The number of nitriles is 1. The van der Waals surface area contributed by atoms with Crippen LogP contribution in [0.15, 0.2) is 53.6 Å². The smallest absolute Gasteiger partial charge is 0.191 e. The molecule has 0 saturated carbocycles. The van der Waals surface area contributed by atoms with Gasteiger partial charge in [-0.15, -0.1) is 23.2 Å². The fourth-order valence-corrected chi connectivity index (χ4v) is 2.88. The minimum absolute atomic E-state index is 0.364. The summed E-state index contributed by atoms with van der Waals surface area (Å²) in [5.41, 5.74) is 6.15. The van der Waals surface area contributed by atoms with Crippen molar-refractivity contribution in [2.24, 2.45) is 5.10 Å². The summed E-state index contributed by atoms with van der Waals surface area (Å²) in [5, 5.41) is 16.3. The van der Waals surface area contributed by atoms with E-state index < -0.39 is 0 Å². The topological polar surface area (TPSA) is 63.5 Å². The summed E-state index contributed by atoms with van der Waals surface area (Å²) in [5.74, 6) is 1.10. The van der Waals surface area contributed by atoms with Crippen LogP contribution in [0, 0.1) is 11.3 Å². The molecule has 0 aliphatic carbocycles. The highest BCUT2D eigenvalue weighted by Gasteiger charge is 2.04. The van der Waals surface area contributed by atoms with Crippen molar-refractivity contribution in [2.45, 2.75) is 0 Å². The third kappa shape index (κ3) is 7.06. The van der Waals surface area contributed by atoms with Crippen LogP contribution < -0.4 is 15.6 Å². The molecule has 0 saturated heterocycles. The maximum Gasteiger partial charge on any atom is 0.191 e. The number of nitrogens with zero attached hydrogens (tertiary/aromatic N) is 3. The molecule has 0 heterocycles. The number of hydrogen-bond donors (Lipinski definition) is 2. The number of hydrazone groups is 1. The maximum absolute atomic E-state index is 8.79. The molecular formula is C19H19Cl2N5S. The van der Waals surface area contributed by atoms with E-state index in [9.17, 15) is 0 Å². The second kappa shape index (κ2) is 11.4. The Morgan fingerprint density at radius 3 is 2.26 bits per heavy atom. The lowest BCUT2D eigenvalue weighted by Crippen LogP contribution is -2.27. The van der Waals surface area contributed by atoms with Gasteiger partial charge in [0.05, 0.1) is 17.8 Å². The van der Waals surface area contributed by atoms with Crippen LogP contribution in [-0.2, 0) is 0 Å². The van der Waals surface area contributed by atoms with Gasteiger partial charge in [0.25, 0.3) is 0 Å². The van der Waals surface area contributed by atoms with Gasteiger partial charge in [-0.1, -0.05) is 12.1 Å². The third-order valence-corrected chi connectivity index (χ3v) is 4.15. The highest BCUT2D eigenvalue weighted by atomic mass is 35.5. The van der Waals surface area contributed by atoms with Gasteiger partial charge in [0.15, 0.2) is 5.11 Å². The minimum atomic E-state index is 0.364. The van der Waals surface area contributed by atoms with Gasteiger partial charge in [-0.25, -0.2) is 0 Å². The van der Waals surface area contributed by atoms with Crippen molar-refractivity contribution in [1.29, 1.82) is 5.26 Å². The van der Waals surface area contributed by atoms with Crippen LogP contribution in [0.3, 0.4) is 0 Å². The molecule has 0 amide bonds. The van der Waals surface area contributed by atoms with Crippen LogP contribution in [0.2, 0.25) is 0 Å². The summed E-state index contributed by atoms with van der Waals surface area (Å²) in [6.07, 6.45) is 1.68. The number of anilines is 2. The van der Waals surface area contributed by atoms with Crippen molar-refractivity contribution >= 4 is 58.1 Å². The first-order chi connectivity index (χ1) is 13.2. The highest BCUT2D eigenvalue weighted by Crippen LogP contribution is 2.15. The molecule has 2 aromatic carbocycles. The molecule has 0 radical (unpaired) electrons. The van der Waals surface area contributed by atoms with Gasteiger partial charge >= 0.3 is 0 Å². The van der Waals surface area contributed by atoms with Crippen LogP contribution >= 0.6 is 35.4 Å². The number of alkyl halides is 2. The van der Waals surface area contributed by atoms with Crippen molar-refractivity contribution < 1.29 is 0 Å². The van der Waals surface area contributed by atoms with Crippen LogP contribution in [0.1, 0.15) is 11.1 Å². The predicted octanol–water partition coefficient (Wildman–Crippen LogP) is 4.16. The Bertz CT molecular complexity index is 794. The summed E-state index contributed by atoms with van der Waals surface area (Å²) in [4.78, 5) is 2.13. The van der Waals surface area contributed by atoms with E-state index in [1.54, 1.807) is 30.5 Å². The Morgan fingerprint density at radius 2 is 1.70 bits per heavy atom. The lowest BCUT2D eigenvalue weighted by atomic mass is 10.2. The Morgan fingerprint density at radius 1 is 1.07 bits per heavy atom. The first-order valence-electron chi connectivity index (χ1n) is 8.23. The van der Waals surface area contributed by atoms with E-state index in [0.717, 1.165) is 30.0 Å². The van der Waals surface area contributed by atoms with E-state index in [0.29, 0.717) is 22.4 Å². The number of halogens is 2. The van der Waals surface area contributed by atoms with Crippen LogP contribution in [0.4, 0.5) is 11.4 Å². The van der Waals surface area contributed by atoms with Gasteiger partial charge < -0.3 is 10.2 Å². The summed E-state index contributed by atoms with van der Waals surface area (Å²) in [7, 11) is 0. The van der Waals surface area contributed by atoms with Crippen LogP contribution in [0.5, 0.6) is 0 Å². The number of rotatable bonds is 8. The van der Waals surface area contributed by atoms with E-state index in [1.807, 2.05) is 24.3 Å². The normalized spacial score (nSPS) is 10.4. The molecule has 0 atom stereocenters. The molecule has 5 nitrogen and oxygen atoms in total. The fourth-order valence-electron chi connectivity index (χ4n) is 2.30. The molecule has 8 heteroatoms. The van der Waals surface area contributed by atoms with Crippen LogP contribution in [-0.4, -0.2) is 36.2 Å². The molecule has 2 N–H and O–H groups in total. The van der Waals surface area contributed by atoms with E-state index in [2.05, 4.69) is 26.8 Å². The molecule has 0 aliphatic rings. The van der Waals surface area contributed by atoms with Gasteiger partial charge in [-0.05, 0) is 54.2 Å². The molecule has 27 heavy (non-hydrogen) atoms. The standard InChI is InChI=1S/C19H19Cl2N5S/c20-9-11-26(12-10-21)18-7-3-16(4-8-18)14-23-25-19(27)24-17-5-1-15(13-22)2-6-17/h1-8,14H,9-12H2,(H2,24,25,27). The number of hydrogen-bond acceptors (Lipinski definition) is 4. The lowest BCUT2D eigenvalue weighted by Gasteiger charge is -2.22. The quantitative estimate of drug-likeness (QED) is 0.291. The van der Waals surface area contributed by atoms with Crippen molar-refractivity contribution in [2.75, 3.05) is 35.1 Å². The molecule has 0 aromatic heterocycles. The Labute approximate surface area is 174 Å². The zero-order chi connectivity index (χ0) is 19.5. The van der Waals surface area contributed by atoms with E-state index in [4.69, 9.17) is 40.7 Å². The molecule has 0 spiro atoms. The van der Waals surface area contributed by atoms with Crippen molar-refractivity contribution in [3.8, 4) is 6.07 Å². The van der Waals surface area contributed by atoms with Crippen LogP contribution in [0.25, 0.3) is 0 Å². The minimum Gasteiger partial charge on any atom is -0.369 e. The van der Waals surface area contributed by atoms with Gasteiger partial charge in [0.1, 0.15) is 0 Å². The second-order valence-corrected chi connectivity index (χ2v) is 6.63. The number of thiocarbonyl (C=S) groups is 1. The van der Waals surface area contributed by atoms with Crippen molar-refractivity contribution in [1.82, 2.24) is 5.43 Å². The van der Waals surface area contributed by atoms with E-state index in [1.165, 1.54) is 0 Å². The fraction of sp³-hybridized carbons (Fsp3) is 0.211. The number of nitrogens with one attached hydrogen (secondary N) is 2. The molecule has 0 aliphatic heterocycles. The largest absolute Gasteiger partial charge is 0.369 e.